The van der Waals surface area contributed by atoms with E-state index in [0.29, 0.717) is 6.04 Å². The summed E-state index contributed by atoms with van der Waals surface area (Å²) in [6.45, 7) is 2.11. The van der Waals surface area contributed by atoms with Gasteiger partial charge in [0.25, 0.3) is 0 Å². The van der Waals surface area contributed by atoms with Gasteiger partial charge in [0.15, 0.2) is 0 Å². The first kappa shape index (κ1) is 12.8. The molecular formula is C16H18FNS. The Hall–Kier alpha value is -1.19. The van der Waals surface area contributed by atoms with Crippen molar-refractivity contribution in [3.05, 3.63) is 57.5 Å². The van der Waals surface area contributed by atoms with Crippen molar-refractivity contribution in [3.8, 4) is 0 Å². The number of nitrogens with one attached hydrogen (secondary N) is 1. The molecule has 2 aromatic rings. The van der Waals surface area contributed by atoms with E-state index in [1.807, 2.05) is 17.4 Å². The molecule has 2 atom stereocenters. The van der Waals surface area contributed by atoms with E-state index < -0.39 is 0 Å². The lowest BCUT2D eigenvalue weighted by atomic mass is 9.93. The molecule has 0 fully saturated rings. The van der Waals surface area contributed by atoms with E-state index in [-0.39, 0.29) is 11.9 Å². The van der Waals surface area contributed by atoms with Gasteiger partial charge in [0.1, 0.15) is 5.82 Å². The molecule has 0 spiro atoms. The fourth-order valence-electron chi connectivity index (χ4n) is 2.83. The van der Waals surface area contributed by atoms with Gasteiger partial charge in [-0.2, -0.15) is 0 Å². The Balaban J connectivity index is 1.76. The van der Waals surface area contributed by atoms with E-state index in [4.69, 9.17) is 0 Å². The summed E-state index contributed by atoms with van der Waals surface area (Å²) in [7, 11) is 0. The maximum Gasteiger partial charge on any atom is 0.123 e. The molecule has 0 amide bonds. The molecule has 3 rings (SSSR count). The van der Waals surface area contributed by atoms with Crippen molar-refractivity contribution in [3.63, 3.8) is 0 Å². The molecule has 1 nitrogen and oxygen atoms in total. The van der Waals surface area contributed by atoms with Gasteiger partial charge < -0.3 is 5.32 Å². The number of hydrogen-bond acceptors (Lipinski definition) is 2. The van der Waals surface area contributed by atoms with Gasteiger partial charge in [-0.25, -0.2) is 4.39 Å². The predicted molar refractivity (Wildman–Crippen MR) is 77.9 cm³/mol. The highest BCUT2D eigenvalue weighted by atomic mass is 32.1. The summed E-state index contributed by atoms with van der Waals surface area (Å²) in [5, 5.41) is 5.82. The molecule has 19 heavy (non-hydrogen) atoms. The topological polar surface area (TPSA) is 12.0 Å². The summed E-state index contributed by atoms with van der Waals surface area (Å²) in [6.07, 6.45) is 3.62. The van der Waals surface area contributed by atoms with Gasteiger partial charge in [-0.1, -0.05) is 12.1 Å². The zero-order valence-electron chi connectivity index (χ0n) is 11.0. The van der Waals surface area contributed by atoms with Gasteiger partial charge in [-0.3, -0.25) is 0 Å². The van der Waals surface area contributed by atoms with Gasteiger partial charge in [0, 0.05) is 17.0 Å². The average molecular weight is 275 g/mol. The molecule has 1 heterocycles. The van der Waals surface area contributed by atoms with Crippen LogP contribution in [0.15, 0.2) is 35.7 Å². The first-order chi connectivity index (χ1) is 9.24. The van der Waals surface area contributed by atoms with Gasteiger partial charge in [-0.15, -0.1) is 11.3 Å². The molecule has 1 N–H and O–H groups in total. The maximum atomic E-state index is 13.3. The van der Waals surface area contributed by atoms with E-state index in [2.05, 4.69) is 23.7 Å². The second-order valence-electron chi connectivity index (χ2n) is 5.19. The number of fused-ring (bicyclic) bond motifs is 1. The van der Waals surface area contributed by atoms with Gasteiger partial charge in [0.2, 0.25) is 0 Å². The Bertz CT molecular complexity index is 563. The van der Waals surface area contributed by atoms with Gasteiger partial charge in [0.05, 0.1) is 0 Å². The Morgan fingerprint density at radius 1 is 1.37 bits per heavy atom. The minimum Gasteiger partial charge on any atom is -0.303 e. The fraction of sp³-hybridized carbons (Fsp3) is 0.375. The van der Waals surface area contributed by atoms with Crippen LogP contribution < -0.4 is 5.32 Å². The van der Waals surface area contributed by atoms with Crippen molar-refractivity contribution >= 4 is 11.3 Å². The van der Waals surface area contributed by atoms with Gasteiger partial charge in [-0.05, 0) is 60.9 Å². The smallest absolute Gasteiger partial charge is 0.123 e. The molecule has 0 radical (unpaired) electrons. The number of hydrogen-bond donors (Lipinski definition) is 1. The standard InChI is InChI=1S/C16H18FNS/c1-11(12-4-2-5-13(17)10-12)18-15-6-3-7-16-14(15)8-9-19-16/h2,4-5,8-11,15,18H,3,6-7H2,1H3/t11-,15?/m1/s1. The molecule has 100 valence electrons. The summed E-state index contributed by atoms with van der Waals surface area (Å²) in [5.41, 5.74) is 2.46. The third-order valence-corrected chi connectivity index (χ3v) is 4.85. The van der Waals surface area contributed by atoms with Crippen molar-refractivity contribution in [2.45, 2.75) is 38.3 Å². The minimum absolute atomic E-state index is 0.161. The van der Waals surface area contributed by atoms with E-state index in [0.717, 1.165) is 5.56 Å². The van der Waals surface area contributed by atoms with Crippen LogP contribution in [-0.4, -0.2) is 0 Å². The Morgan fingerprint density at radius 3 is 3.11 bits per heavy atom. The Labute approximate surface area is 117 Å². The van der Waals surface area contributed by atoms with Crippen LogP contribution in [0.1, 0.15) is 47.9 Å². The lowest BCUT2D eigenvalue weighted by molar-refractivity contribution is 0.417. The van der Waals surface area contributed by atoms with Crippen LogP contribution in [-0.2, 0) is 6.42 Å². The number of thiophene rings is 1. The van der Waals surface area contributed by atoms with Crippen molar-refractivity contribution in [1.29, 1.82) is 0 Å². The largest absolute Gasteiger partial charge is 0.303 e. The van der Waals surface area contributed by atoms with Crippen LogP contribution in [0.2, 0.25) is 0 Å². The monoisotopic (exact) mass is 275 g/mol. The number of halogens is 1. The SMILES string of the molecule is C[C@@H](NC1CCCc2sccc21)c1cccc(F)c1. The zero-order chi connectivity index (χ0) is 13.2. The summed E-state index contributed by atoms with van der Waals surface area (Å²) in [6, 6.07) is 9.69. The molecule has 0 saturated carbocycles. The van der Waals surface area contributed by atoms with Crippen molar-refractivity contribution in [1.82, 2.24) is 5.32 Å². The van der Waals surface area contributed by atoms with Crippen LogP contribution in [0.3, 0.4) is 0 Å². The predicted octanol–water partition coefficient (Wildman–Crippen LogP) is 4.62. The number of rotatable bonds is 3. The first-order valence-corrected chi connectivity index (χ1v) is 7.70. The summed E-state index contributed by atoms with van der Waals surface area (Å²) in [4.78, 5) is 1.51. The highest BCUT2D eigenvalue weighted by molar-refractivity contribution is 7.10. The fourth-order valence-corrected chi connectivity index (χ4v) is 3.82. The van der Waals surface area contributed by atoms with Crippen LogP contribution >= 0.6 is 11.3 Å². The highest BCUT2D eigenvalue weighted by Crippen LogP contribution is 2.34. The summed E-state index contributed by atoms with van der Waals surface area (Å²) >= 11 is 1.85. The Kier molecular flexibility index (Phi) is 3.67. The van der Waals surface area contributed by atoms with E-state index >= 15 is 0 Å². The van der Waals surface area contributed by atoms with Gasteiger partial charge >= 0.3 is 0 Å². The molecular weight excluding hydrogens is 257 g/mol. The van der Waals surface area contributed by atoms with E-state index in [1.165, 1.54) is 35.8 Å². The third kappa shape index (κ3) is 2.72. The summed E-state index contributed by atoms with van der Waals surface area (Å²) in [5.74, 6) is -0.161. The van der Waals surface area contributed by atoms with Crippen molar-refractivity contribution in [2.24, 2.45) is 0 Å². The molecule has 0 saturated heterocycles. The molecule has 1 aliphatic rings. The van der Waals surface area contributed by atoms with E-state index in [9.17, 15) is 4.39 Å². The summed E-state index contributed by atoms with van der Waals surface area (Å²) < 4.78 is 13.3. The molecule has 1 unspecified atom stereocenters. The second-order valence-corrected chi connectivity index (χ2v) is 6.19. The molecule has 1 aromatic heterocycles. The Morgan fingerprint density at radius 2 is 2.26 bits per heavy atom. The first-order valence-electron chi connectivity index (χ1n) is 6.82. The average Bonchev–Trinajstić information content (AvgIpc) is 2.88. The third-order valence-electron chi connectivity index (χ3n) is 3.85. The van der Waals surface area contributed by atoms with Crippen molar-refractivity contribution in [2.75, 3.05) is 0 Å². The maximum absolute atomic E-state index is 13.3. The number of aryl methyl sites for hydroxylation is 1. The minimum atomic E-state index is -0.161. The second kappa shape index (κ2) is 5.43. The van der Waals surface area contributed by atoms with Crippen LogP contribution in [0.5, 0.6) is 0 Å². The van der Waals surface area contributed by atoms with Crippen LogP contribution in [0, 0.1) is 5.82 Å². The molecule has 0 bridgehead atoms. The normalized spacial score (nSPS) is 20.0. The molecule has 0 aliphatic heterocycles. The highest BCUT2D eigenvalue weighted by Gasteiger charge is 2.22. The van der Waals surface area contributed by atoms with Crippen molar-refractivity contribution < 1.29 is 4.39 Å². The quantitative estimate of drug-likeness (QED) is 0.862. The molecule has 3 heteroatoms. The lowest BCUT2D eigenvalue weighted by Gasteiger charge is -2.27. The molecule has 1 aromatic carbocycles. The lowest BCUT2D eigenvalue weighted by Crippen LogP contribution is -2.27. The number of benzene rings is 1. The zero-order valence-corrected chi connectivity index (χ0v) is 11.8. The van der Waals surface area contributed by atoms with E-state index in [1.54, 1.807) is 12.1 Å². The molecule has 1 aliphatic carbocycles. The van der Waals surface area contributed by atoms with Crippen LogP contribution in [0.25, 0.3) is 0 Å². The van der Waals surface area contributed by atoms with Crippen LogP contribution in [0.4, 0.5) is 4.39 Å².